The fourth-order valence-electron chi connectivity index (χ4n) is 4.00. The Labute approximate surface area is 126 Å². The van der Waals surface area contributed by atoms with Crippen LogP contribution in [0.2, 0.25) is 0 Å². The van der Waals surface area contributed by atoms with Gasteiger partial charge in [-0.15, -0.1) is 0 Å². The second-order valence-corrected chi connectivity index (χ2v) is 6.97. The molecular weight excluding hydrogens is 264 g/mol. The van der Waals surface area contributed by atoms with Crippen molar-refractivity contribution >= 4 is 0 Å². The SMILES string of the molecule is Cn1cc(CN2CCO[C@@H]3CN(C4CCC4)C[C@@H]3C2)cn1. The fraction of sp³-hybridized carbons (Fsp3) is 0.812. The van der Waals surface area contributed by atoms with Crippen LogP contribution in [-0.4, -0.2) is 64.5 Å². The van der Waals surface area contributed by atoms with Gasteiger partial charge in [-0.25, -0.2) is 0 Å². The molecule has 5 heteroatoms. The van der Waals surface area contributed by atoms with Crippen LogP contribution in [-0.2, 0) is 18.3 Å². The quantitative estimate of drug-likeness (QED) is 0.835. The summed E-state index contributed by atoms with van der Waals surface area (Å²) in [6, 6.07) is 0.854. The van der Waals surface area contributed by atoms with Crippen molar-refractivity contribution in [2.45, 2.75) is 38.0 Å². The summed E-state index contributed by atoms with van der Waals surface area (Å²) >= 11 is 0. The highest BCUT2D eigenvalue weighted by atomic mass is 16.5. The minimum absolute atomic E-state index is 0.462. The molecule has 3 fully saturated rings. The van der Waals surface area contributed by atoms with Gasteiger partial charge in [-0.2, -0.15) is 5.10 Å². The lowest BCUT2D eigenvalue weighted by Crippen LogP contribution is -2.40. The maximum Gasteiger partial charge on any atom is 0.0755 e. The predicted molar refractivity (Wildman–Crippen MR) is 80.9 cm³/mol. The molecule has 2 aliphatic heterocycles. The van der Waals surface area contributed by atoms with E-state index in [9.17, 15) is 0 Å². The largest absolute Gasteiger partial charge is 0.375 e. The van der Waals surface area contributed by atoms with Crippen molar-refractivity contribution in [3.63, 3.8) is 0 Å². The molecule has 0 aromatic carbocycles. The summed E-state index contributed by atoms with van der Waals surface area (Å²) in [6.45, 7) is 6.49. The van der Waals surface area contributed by atoms with E-state index < -0.39 is 0 Å². The van der Waals surface area contributed by atoms with E-state index in [1.807, 2.05) is 17.9 Å². The second kappa shape index (κ2) is 5.71. The van der Waals surface area contributed by atoms with E-state index in [2.05, 4.69) is 21.1 Å². The summed E-state index contributed by atoms with van der Waals surface area (Å²) in [5.41, 5.74) is 1.31. The highest BCUT2D eigenvalue weighted by Crippen LogP contribution is 2.32. The molecule has 1 aliphatic carbocycles. The van der Waals surface area contributed by atoms with E-state index in [1.165, 1.54) is 37.9 Å². The van der Waals surface area contributed by atoms with Crippen molar-refractivity contribution in [2.24, 2.45) is 13.0 Å². The summed E-state index contributed by atoms with van der Waals surface area (Å²) in [6.07, 6.45) is 8.80. The van der Waals surface area contributed by atoms with Gasteiger partial charge >= 0.3 is 0 Å². The molecule has 21 heavy (non-hydrogen) atoms. The van der Waals surface area contributed by atoms with Crippen LogP contribution in [0.15, 0.2) is 12.4 Å². The van der Waals surface area contributed by atoms with Crippen molar-refractivity contribution in [3.8, 4) is 0 Å². The van der Waals surface area contributed by atoms with Gasteiger partial charge in [0, 0.05) is 63.5 Å². The molecule has 2 saturated heterocycles. The molecule has 0 unspecified atom stereocenters. The van der Waals surface area contributed by atoms with Gasteiger partial charge in [0.2, 0.25) is 0 Å². The summed E-state index contributed by atoms with van der Waals surface area (Å²) in [7, 11) is 1.98. The van der Waals surface area contributed by atoms with E-state index in [0.29, 0.717) is 12.0 Å². The number of hydrogen-bond acceptors (Lipinski definition) is 4. The number of aromatic nitrogens is 2. The molecule has 1 aromatic heterocycles. The van der Waals surface area contributed by atoms with E-state index in [1.54, 1.807) is 0 Å². The van der Waals surface area contributed by atoms with Crippen molar-refractivity contribution in [2.75, 3.05) is 32.8 Å². The zero-order chi connectivity index (χ0) is 14.2. The number of fused-ring (bicyclic) bond motifs is 1. The molecule has 0 radical (unpaired) electrons. The average Bonchev–Trinajstić information content (AvgIpc) is 2.90. The highest BCUT2D eigenvalue weighted by Gasteiger charge is 2.40. The van der Waals surface area contributed by atoms with Crippen molar-refractivity contribution in [1.82, 2.24) is 19.6 Å². The van der Waals surface area contributed by atoms with E-state index in [0.717, 1.165) is 32.3 Å². The monoisotopic (exact) mass is 290 g/mol. The summed E-state index contributed by atoms with van der Waals surface area (Å²) < 4.78 is 8.03. The zero-order valence-electron chi connectivity index (χ0n) is 12.9. The predicted octanol–water partition coefficient (Wildman–Crippen LogP) is 1.11. The molecular formula is C16H26N4O. The minimum Gasteiger partial charge on any atom is -0.375 e. The lowest BCUT2D eigenvalue weighted by molar-refractivity contribution is 0.0442. The van der Waals surface area contributed by atoms with E-state index >= 15 is 0 Å². The molecule has 1 saturated carbocycles. The number of likely N-dealkylation sites (tertiary alicyclic amines) is 1. The second-order valence-electron chi connectivity index (χ2n) is 6.97. The third-order valence-electron chi connectivity index (χ3n) is 5.40. The van der Waals surface area contributed by atoms with Crippen molar-refractivity contribution < 1.29 is 4.74 Å². The smallest absolute Gasteiger partial charge is 0.0755 e. The summed E-state index contributed by atoms with van der Waals surface area (Å²) in [5.74, 6) is 0.685. The van der Waals surface area contributed by atoms with E-state index in [4.69, 9.17) is 4.74 Å². The summed E-state index contributed by atoms with van der Waals surface area (Å²) in [5, 5.41) is 4.28. The zero-order valence-corrected chi connectivity index (χ0v) is 12.9. The van der Waals surface area contributed by atoms with Crippen LogP contribution in [0, 0.1) is 5.92 Å². The first kappa shape index (κ1) is 13.7. The standard InChI is InChI=1S/C16H26N4O/c1-18-8-13(7-17-18)9-19-5-6-21-16-12-20(11-14(16)10-19)15-3-2-4-15/h7-8,14-16H,2-6,9-12H2,1H3/t14-,16+/m0/s1. The van der Waals surface area contributed by atoms with Gasteiger partial charge < -0.3 is 4.74 Å². The molecule has 4 rings (SSSR count). The Kier molecular flexibility index (Phi) is 3.73. The third kappa shape index (κ3) is 2.87. The lowest BCUT2D eigenvalue weighted by atomic mass is 9.92. The Hall–Kier alpha value is -0.910. The Bertz CT molecular complexity index is 484. The maximum atomic E-state index is 6.14. The number of aryl methyl sites for hydroxylation is 1. The normalized spacial score (nSPS) is 31.9. The highest BCUT2D eigenvalue weighted by molar-refractivity contribution is 5.04. The molecule has 0 spiro atoms. The first-order chi connectivity index (χ1) is 10.3. The van der Waals surface area contributed by atoms with Gasteiger partial charge in [0.05, 0.1) is 18.9 Å². The third-order valence-corrected chi connectivity index (χ3v) is 5.40. The number of nitrogens with zero attached hydrogens (tertiary/aromatic N) is 4. The molecule has 116 valence electrons. The Morgan fingerprint density at radius 1 is 1.29 bits per heavy atom. The van der Waals surface area contributed by atoms with Crippen molar-refractivity contribution in [1.29, 1.82) is 0 Å². The number of ether oxygens (including phenoxy) is 1. The molecule has 0 bridgehead atoms. The molecule has 0 amide bonds. The Morgan fingerprint density at radius 2 is 2.19 bits per heavy atom. The molecule has 1 aromatic rings. The topological polar surface area (TPSA) is 33.5 Å². The van der Waals surface area contributed by atoms with Gasteiger partial charge in [-0.3, -0.25) is 14.5 Å². The maximum absolute atomic E-state index is 6.14. The Balaban J connectivity index is 1.38. The van der Waals surface area contributed by atoms with Gasteiger partial charge in [0.25, 0.3) is 0 Å². The van der Waals surface area contributed by atoms with Crippen molar-refractivity contribution in [3.05, 3.63) is 18.0 Å². The van der Waals surface area contributed by atoms with Gasteiger partial charge in [-0.1, -0.05) is 6.42 Å². The van der Waals surface area contributed by atoms with Crippen LogP contribution in [0.4, 0.5) is 0 Å². The van der Waals surface area contributed by atoms with Crippen LogP contribution in [0.3, 0.4) is 0 Å². The van der Waals surface area contributed by atoms with Gasteiger partial charge in [0.1, 0.15) is 0 Å². The lowest BCUT2D eigenvalue weighted by Gasteiger charge is -2.35. The van der Waals surface area contributed by atoms with Crippen LogP contribution >= 0.6 is 0 Å². The molecule has 0 N–H and O–H groups in total. The van der Waals surface area contributed by atoms with Crippen LogP contribution in [0.1, 0.15) is 24.8 Å². The average molecular weight is 290 g/mol. The van der Waals surface area contributed by atoms with E-state index in [-0.39, 0.29) is 0 Å². The van der Waals surface area contributed by atoms with Crippen LogP contribution in [0.5, 0.6) is 0 Å². The van der Waals surface area contributed by atoms with Crippen LogP contribution in [0.25, 0.3) is 0 Å². The summed E-state index contributed by atoms with van der Waals surface area (Å²) in [4.78, 5) is 5.23. The Morgan fingerprint density at radius 3 is 2.90 bits per heavy atom. The van der Waals surface area contributed by atoms with Gasteiger partial charge in [0.15, 0.2) is 0 Å². The molecule has 2 atom stereocenters. The van der Waals surface area contributed by atoms with Gasteiger partial charge in [-0.05, 0) is 12.8 Å². The molecule has 5 nitrogen and oxygen atoms in total. The number of rotatable bonds is 3. The number of hydrogen-bond donors (Lipinski definition) is 0. The molecule has 3 heterocycles. The first-order valence-corrected chi connectivity index (χ1v) is 8.33. The molecule has 3 aliphatic rings. The fourth-order valence-corrected chi connectivity index (χ4v) is 4.00. The first-order valence-electron chi connectivity index (χ1n) is 8.33. The minimum atomic E-state index is 0.462. The van der Waals surface area contributed by atoms with Crippen LogP contribution < -0.4 is 0 Å².